The van der Waals surface area contributed by atoms with Crippen LogP contribution >= 0.6 is 0 Å². The van der Waals surface area contributed by atoms with Gasteiger partial charge in [0.1, 0.15) is 5.75 Å². The molecule has 4 nitrogen and oxygen atoms in total. The van der Waals surface area contributed by atoms with E-state index in [4.69, 9.17) is 0 Å². The van der Waals surface area contributed by atoms with Crippen LogP contribution in [0.25, 0.3) is 0 Å². The molecule has 0 aliphatic rings. The van der Waals surface area contributed by atoms with Crippen molar-refractivity contribution in [3.8, 4) is 5.75 Å². The van der Waals surface area contributed by atoms with E-state index in [1.54, 1.807) is 7.05 Å². The van der Waals surface area contributed by atoms with Crippen LogP contribution < -0.4 is 5.01 Å². The van der Waals surface area contributed by atoms with Crippen molar-refractivity contribution >= 4 is 5.69 Å². The van der Waals surface area contributed by atoms with Gasteiger partial charge in [0.2, 0.25) is 0 Å². The number of hydrogen-bond donors (Lipinski definition) is 1. The quantitative estimate of drug-likeness (QED) is 0.600. The molecule has 0 bridgehead atoms. The highest BCUT2D eigenvalue weighted by atomic mass is 16.3. The highest BCUT2D eigenvalue weighted by molar-refractivity contribution is 5.67. The monoisotopic (exact) mass is 208 g/mol. The Balaban J connectivity index is 3.59. The SMILES string of the molecule is Cc1c(C)c(N(C)N=O)c(C)c(C)c1O. The van der Waals surface area contributed by atoms with E-state index < -0.39 is 0 Å². The fraction of sp³-hybridized carbons (Fsp3) is 0.455. The van der Waals surface area contributed by atoms with E-state index in [2.05, 4.69) is 5.29 Å². The number of anilines is 1. The standard InChI is InChI=1S/C11H16N2O2/c1-6-8(3)11(14)9(4)7(2)10(6)13(5)12-15/h14H,1-5H3. The minimum Gasteiger partial charge on any atom is -0.507 e. The van der Waals surface area contributed by atoms with Crippen molar-refractivity contribution in [3.05, 3.63) is 27.2 Å². The van der Waals surface area contributed by atoms with Crippen molar-refractivity contribution in [2.24, 2.45) is 5.29 Å². The van der Waals surface area contributed by atoms with Gasteiger partial charge in [-0.2, -0.15) is 0 Å². The van der Waals surface area contributed by atoms with Crippen LogP contribution in [0.5, 0.6) is 5.75 Å². The predicted octanol–water partition coefficient (Wildman–Crippen LogP) is 2.74. The van der Waals surface area contributed by atoms with Gasteiger partial charge in [0.25, 0.3) is 0 Å². The Hall–Kier alpha value is -1.58. The Kier molecular flexibility index (Phi) is 2.98. The zero-order valence-corrected chi connectivity index (χ0v) is 9.75. The van der Waals surface area contributed by atoms with Crippen molar-refractivity contribution in [1.29, 1.82) is 0 Å². The number of hydrogen-bond acceptors (Lipinski definition) is 3. The summed E-state index contributed by atoms with van der Waals surface area (Å²) in [5.41, 5.74) is 4.14. The van der Waals surface area contributed by atoms with Gasteiger partial charge in [-0.15, -0.1) is 4.91 Å². The van der Waals surface area contributed by atoms with Gasteiger partial charge in [-0.3, -0.25) is 0 Å². The first-order valence-electron chi connectivity index (χ1n) is 4.78. The molecule has 0 aliphatic carbocycles. The molecule has 0 saturated carbocycles. The van der Waals surface area contributed by atoms with Gasteiger partial charge in [-0.25, -0.2) is 5.01 Å². The number of phenolic OH excluding ortho intramolecular Hbond substituents is 1. The van der Waals surface area contributed by atoms with Gasteiger partial charge in [0.15, 0.2) is 0 Å². The van der Waals surface area contributed by atoms with E-state index in [0.717, 1.165) is 27.9 Å². The molecule has 0 aliphatic heterocycles. The van der Waals surface area contributed by atoms with Crippen molar-refractivity contribution < 1.29 is 5.11 Å². The number of phenols is 1. The van der Waals surface area contributed by atoms with Crippen molar-refractivity contribution in [3.63, 3.8) is 0 Å². The summed E-state index contributed by atoms with van der Waals surface area (Å²) < 4.78 is 0. The van der Waals surface area contributed by atoms with E-state index in [-0.39, 0.29) is 0 Å². The number of nitrogens with zero attached hydrogens (tertiary/aromatic N) is 2. The summed E-state index contributed by atoms with van der Waals surface area (Å²) in [6.45, 7) is 7.41. The second kappa shape index (κ2) is 3.88. The molecule has 1 aromatic carbocycles. The lowest BCUT2D eigenvalue weighted by molar-refractivity contribution is 0.465. The molecule has 0 amide bonds. The second-order valence-corrected chi connectivity index (χ2v) is 3.80. The normalized spacial score (nSPS) is 10.2. The summed E-state index contributed by atoms with van der Waals surface area (Å²) in [4.78, 5) is 10.5. The van der Waals surface area contributed by atoms with Crippen LogP contribution in [0.2, 0.25) is 0 Å². The second-order valence-electron chi connectivity index (χ2n) is 3.80. The molecular weight excluding hydrogens is 192 g/mol. The van der Waals surface area contributed by atoms with Crippen molar-refractivity contribution in [1.82, 2.24) is 0 Å². The fourth-order valence-corrected chi connectivity index (χ4v) is 1.80. The topological polar surface area (TPSA) is 52.9 Å². The summed E-state index contributed by atoms with van der Waals surface area (Å²) in [6.07, 6.45) is 0. The molecule has 1 aromatic rings. The minimum atomic E-state index is 0.299. The van der Waals surface area contributed by atoms with Gasteiger partial charge in [-0.1, -0.05) is 0 Å². The molecule has 0 aromatic heterocycles. The van der Waals surface area contributed by atoms with E-state index in [1.165, 1.54) is 5.01 Å². The number of rotatable bonds is 2. The Morgan fingerprint density at radius 3 is 1.73 bits per heavy atom. The van der Waals surface area contributed by atoms with Gasteiger partial charge in [-0.05, 0) is 49.9 Å². The molecule has 0 spiro atoms. The van der Waals surface area contributed by atoms with Crippen molar-refractivity contribution in [2.75, 3.05) is 12.1 Å². The summed E-state index contributed by atoms with van der Waals surface area (Å²) in [5, 5.41) is 14.0. The zero-order valence-electron chi connectivity index (χ0n) is 9.75. The lowest BCUT2D eigenvalue weighted by Crippen LogP contribution is -2.12. The first kappa shape index (κ1) is 11.5. The molecule has 0 unspecified atom stereocenters. The highest BCUT2D eigenvalue weighted by Crippen LogP contribution is 2.36. The molecule has 1 rings (SSSR count). The average Bonchev–Trinajstić information content (AvgIpc) is 2.23. The Morgan fingerprint density at radius 2 is 1.40 bits per heavy atom. The van der Waals surface area contributed by atoms with Crippen LogP contribution in [-0.2, 0) is 0 Å². The maximum absolute atomic E-state index is 10.5. The third-order valence-corrected chi connectivity index (χ3v) is 2.99. The molecule has 0 saturated heterocycles. The molecule has 15 heavy (non-hydrogen) atoms. The Bertz CT molecular complexity index is 385. The van der Waals surface area contributed by atoms with Crippen LogP contribution in [0, 0.1) is 32.6 Å². The fourth-order valence-electron chi connectivity index (χ4n) is 1.80. The molecule has 0 heterocycles. The number of aromatic hydroxyl groups is 1. The predicted molar refractivity (Wildman–Crippen MR) is 61.3 cm³/mol. The van der Waals surface area contributed by atoms with Crippen LogP contribution in [0.4, 0.5) is 5.69 Å². The number of nitroso groups, excluding NO2 is 1. The Labute approximate surface area is 89.5 Å². The third-order valence-electron chi connectivity index (χ3n) is 2.99. The maximum atomic E-state index is 10.5. The van der Waals surface area contributed by atoms with E-state index >= 15 is 0 Å². The molecule has 0 atom stereocenters. The van der Waals surface area contributed by atoms with Crippen LogP contribution in [0.3, 0.4) is 0 Å². The molecular formula is C11H16N2O2. The molecule has 0 fully saturated rings. The highest BCUT2D eigenvalue weighted by Gasteiger charge is 2.16. The smallest absolute Gasteiger partial charge is 0.122 e. The van der Waals surface area contributed by atoms with Crippen LogP contribution in [0.15, 0.2) is 5.29 Å². The first-order chi connectivity index (χ1) is 6.91. The molecule has 4 heteroatoms. The van der Waals surface area contributed by atoms with Gasteiger partial charge >= 0.3 is 0 Å². The molecule has 82 valence electrons. The average molecular weight is 208 g/mol. The van der Waals surface area contributed by atoms with Crippen molar-refractivity contribution in [2.45, 2.75) is 27.7 Å². The van der Waals surface area contributed by atoms with E-state index in [1.807, 2.05) is 27.7 Å². The summed E-state index contributed by atoms with van der Waals surface area (Å²) in [6, 6.07) is 0. The van der Waals surface area contributed by atoms with E-state index in [0.29, 0.717) is 5.75 Å². The first-order valence-corrected chi connectivity index (χ1v) is 4.78. The lowest BCUT2D eigenvalue weighted by Gasteiger charge is -2.20. The van der Waals surface area contributed by atoms with Gasteiger partial charge in [0, 0.05) is 7.05 Å². The summed E-state index contributed by atoms with van der Waals surface area (Å²) in [5.74, 6) is 0.299. The maximum Gasteiger partial charge on any atom is 0.122 e. The largest absolute Gasteiger partial charge is 0.507 e. The third kappa shape index (κ3) is 1.67. The van der Waals surface area contributed by atoms with Crippen LogP contribution in [-0.4, -0.2) is 12.2 Å². The summed E-state index contributed by atoms with van der Waals surface area (Å²) >= 11 is 0. The minimum absolute atomic E-state index is 0.299. The molecule has 1 N–H and O–H groups in total. The lowest BCUT2D eigenvalue weighted by atomic mass is 9.97. The van der Waals surface area contributed by atoms with Gasteiger partial charge in [0.05, 0.1) is 11.0 Å². The van der Waals surface area contributed by atoms with E-state index in [9.17, 15) is 10.0 Å². The number of benzene rings is 1. The Morgan fingerprint density at radius 1 is 1.00 bits per heavy atom. The van der Waals surface area contributed by atoms with Crippen LogP contribution in [0.1, 0.15) is 22.3 Å². The van der Waals surface area contributed by atoms with Gasteiger partial charge < -0.3 is 5.11 Å². The zero-order chi connectivity index (χ0) is 11.7. The summed E-state index contributed by atoms with van der Waals surface area (Å²) in [7, 11) is 1.61. The molecule has 0 radical (unpaired) electrons.